The number of esters is 1. The summed E-state index contributed by atoms with van der Waals surface area (Å²) in [5.41, 5.74) is 4.37. The van der Waals surface area contributed by atoms with E-state index in [1.54, 1.807) is 12.1 Å². The standard InChI is InChI=1S/C19H17FN2O2/c1-11-6-12(2)8-14(7-11)21-17-10-18(19(23)24-3)22-16-5-4-13(20)9-15(16)17/h4-10H,1-3H3,(H,21,22). The summed E-state index contributed by atoms with van der Waals surface area (Å²) in [5.74, 6) is -0.900. The number of carbonyl (C=O) groups excluding carboxylic acids is 1. The zero-order valence-corrected chi connectivity index (χ0v) is 13.7. The number of anilines is 2. The maximum absolute atomic E-state index is 13.7. The second kappa shape index (κ2) is 6.28. The normalized spacial score (nSPS) is 10.7. The smallest absolute Gasteiger partial charge is 0.356 e. The minimum atomic E-state index is -0.537. The van der Waals surface area contributed by atoms with Gasteiger partial charge in [0.25, 0.3) is 0 Å². The molecule has 0 spiro atoms. The van der Waals surface area contributed by atoms with E-state index in [9.17, 15) is 9.18 Å². The van der Waals surface area contributed by atoms with E-state index in [2.05, 4.69) is 16.4 Å². The van der Waals surface area contributed by atoms with Crippen molar-refractivity contribution in [2.75, 3.05) is 12.4 Å². The molecule has 4 nitrogen and oxygen atoms in total. The molecule has 0 aliphatic rings. The van der Waals surface area contributed by atoms with Gasteiger partial charge in [-0.3, -0.25) is 0 Å². The van der Waals surface area contributed by atoms with Gasteiger partial charge in [-0.15, -0.1) is 0 Å². The molecule has 0 fully saturated rings. The number of nitrogens with one attached hydrogen (secondary N) is 1. The fourth-order valence-electron chi connectivity index (χ4n) is 2.71. The van der Waals surface area contributed by atoms with Crippen LogP contribution in [0.1, 0.15) is 21.6 Å². The van der Waals surface area contributed by atoms with Gasteiger partial charge in [0.05, 0.1) is 18.3 Å². The molecule has 0 unspecified atom stereocenters. The van der Waals surface area contributed by atoms with Crippen molar-refractivity contribution in [2.45, 2.75) is 13.8 Å². The Morgan fingerprint density at radius 2 is 1.79 bits per heavy atom. The Kier molecular flexibility index (Phi) is 4.16. The summed E-state index contributed by atoms with van der Waals surface area (Å²) in [6.07, 6.45) is 0. The van der Waals surface area contributed by atoms with Gasteiger partial charge in [0, 0.05) is 11.1 Å². The van der Waals surface area contributed by atoms with Crippen LogP contribution < -0.4 is 5.32 Å². The number of carbonyl (C=O) groups is 1. The molecule has 2 aromatic carbocycles. The summed E-state index contributed by atoms with van der Waals surface area (Å²) in [6.45, 7) is 4.00. The molecule has 0 aliphatic heterocycles. The van der Waals surface area contributed by atoms with Crippen molar-refractivity contribution < 1.29 is 13.9 Å². The number of fused-ring (bicyclic) bond motifs is 1. The van der Waals surface area contributed by atoms with Crippen molar-refractivity contribution >= 4 is 28.2 Å². The van der Waals surface area contributed by atoms with Gasteiger partial charge < -0.3 is 10.1 Å². The first-order chi connectivity index (χ1) is 11.5. The van der Waals surface area contributed by atoms with Crippen molar-refractivity contribution in [3.05, 3.63) is 65.1 Å². The average molecular weight is 324 g/mol. The van der Waals surface area contributed by atoms with Crippen LogP contribution in [0.3, 0.4) is 0 Å². The van der Waals surface area contributed by atoms with E-state index in [1.165, 1.54) is 19.2 Å². The second-order valence-corrected chi connectivity index (χ2v) is 5.71. The highest BCUT2D eigenvalue weighted by Gasteiger charge is 2.13. The van der Waals surface area contributed by atoms with E-state index in [1.807, 2.05) is 26.0 Å². The molecule has 0 amide bonds. The highest BCUT2D eigenvalue weighted by atomic mass is 19.1. The van der Waals surface area contributed by atoms with Gasteiger partial charge in [0.1, 0.15) is 5.82 Å². The zero-order chi connectivity index (χ0) is 17.3. The van der Waals surface area contributed by atoms with Gasteiger partial charge in [-0.1, -0.05) is 6.07 Å². The maximum atomic E-state index is 13.7. The molecule has 1 heterocycles. The zero-order valence-electron chi connectivity index (χ0n) is 13.7. The number of hydrogen-bond acceptors (Lipinski definition) is 4. The maximum Gasteiger partial charge on any atom is 0.356 e. The van der Waals surface area contributed by atoms with E-state index >= 15 is 0 Å². The molecule has 0 radical (unpaired) electrons. The summed E-state index contributed by atoms with van der Waals surface area (Å²) in [7, 11) is 1.30. The van der Waals surface area contributed by atoms with E-state index in [4.69, 9.17) is 4.74 Å². The first-order valence-corrected chi connectivity index (χ1v) is 7.50. The van der Waals surface area contributed by atoms with Crippen LogP contribution >= 0.6 is 0 Å². The van der Waals surface area contributed by atoms with E-state index < -0.39 is 5.97 Å². The predicted octanol–water partition coefficient (Wildman–Crippen LogP) is 4.52. The number of rotatable bonds is 3. The lowest BCUT2D eigenvalue weighted by Crippen LogP contribution is -2.06. The molecule has 0 saturated carbocycles. The quantitative estimate of drug-likeness (QED) is 0.720. The fourth-order valence-corrected chi connectivity index (χ4v) is 2.71. The molecule has 5 heteroatoms. The van der Waals surface area contributed by atoms with Crippen LogP contribution in [-0.2, 0) is 4.74 Å². The van der Waals surface area contributed by atoms with Crippen LogP contribution in [-0.4, -0.2) is 18.1 Å². The molecule has 3 aromatic rings. The molecular formula is C19H17FN2O2. The Labute approximate surface area is 139 Å². The number of nitrogens with zero attached hydrogens (tertiary/aromatic N) is 1. The summed E-state index contributed by atoms with van der Waals surface area (Å²) in [4.78, 5) is 16.1. The molecule has 0 aliphatic carbocycles. The number of methoxy groups -OCH3 is 1. The number of halogens is 1. The molecule has 24 heavy (non-hydrogen) atoms. The minimum absolute atomic E-state index is 0.170. The highest BCUT2D eigenvalue weighted by molar-refractivity contribution is 5.98. The van der Waals surface area contributed by atoms with E-state index in [0.717, 1.165) is 16.8 Å². The molecule has 1 N–H and O–H groups in total. The predicted molar refractivity (Wildman–Crippen MR) is 92.2 cm³/mol. The fraction of sp³-hybridized carbons (Fsp3) is 0.158. The van der Waals surface area contributed by atoms with Gasteiger partial charge in [-0.2, -0.15) is 0 Å². The van der Waals surface area contributed by atoms with Crippen molar-refractivity contribution in [3.63, 3.8) is 0 Å². The Bertz CT molecular complexity index is 918. The summed E-state index contributed by atoms with van der Waals surface area (Å²) in [6, 6.07) is 11.9. The number of pyridine rings is 1. The second-order valence-electron chi connectivity index (χ2n) is 5.71. The molecular weight excluding hydrogens is 307 g/mol. The van der Waals surface area contributed by atoms with Crippen molar-refractivity contribution in [2.24, 2.45) is 0 Å². The molecule has 122 valence electrons. The Hall–Kier alpha value is -2.95. The van der Waals surface area contributed by atoms with Crippen LogP contribution in [0.5, 0.6) is 0 Å². The summed E-state index contributed by atoms with van der Waals surface area (Å²) in [5, 5.41) is 3.86. The van der Waals surface area contributed by atoms with E-state index in [0.29, 0.717) is 16.6 Å². The number of aromatic nitrogens is 1. The Balaban J connectivity index is 2.16. The third kappa shape index (κ3) is 3.20. The monoisotopic (exact) mass is 324 g/mol. The summed E-state index contributed by atoms with van der Waals surface area (Å²) >= 11 is 0. The third-order valence-corrected chi connectivity index (χ3v) is 3.67. The van der Waals surface area contributed by atoms with Crippen molar-refractivity contribution in [3.8, 4) is 0 Å². The number of hydrogen-bond donors (Lipinski definition) is 1. The lowest BCUT2D eigenvalue weighted by Gasteiger charge is -2.13. The van der Waals surface area contributed by atoms with Gasteiger partial charge in [0.2, 0.25) is 0 Å². The molecule has 0 bridgehead atoms. The van der Waals surface area contributed by atoms with Gasteiger partial charge in [0.15, 0.2) is 5.69 Å². The number of ether oxygens (including phenoxy) is 1. The van der Waals surface area contributed by atoms with Gasteiger partial charge >= 0.3 is 5.97 Å². The third-order valence-electron chi connectivity index (χ3n) is 3.67. The largest absolute Gasteiger partial charge is 0.464 e. The highest BCUT2D eigenvalue weighted by Crippen LogP contribution is 2.28. The topological polar surface area (TPSA) is 51.2 Å². The molecule has 1 aromatic heterocycles. The minimum Gasteiger partial charge on any atom is -0.464 e. The first kappa shape index (κ1) is 15.9. The Morgan fingerprint density at radius 1 is 1.08 bits per heavy atom. The SMILES string of the molecule is COC(=O)c1cc(Nc2cc(C)cc(C)c2)c2cc(F)ccc2n1. The molecule has 3 rings (SSSR count). The van der Waals surface area contributed by atoms with Crippen LogP contribution in [0.4, 0.5) is 15.8 Å². The van der Waals surface area contributed by atoms with Gasteiger partial charge in [-0.25, -0.2) is 14.2 Å². The van der Waals surface area contributed by atoms with Gasteiger partial charge in [-0.05, 0) is 61.4 Å². The van der Waals surface area contributed by atoms with Crippen molar-refractivity contribution in [1.29, 1.82) is 0 Å². The molecule has 0 saturated heterocycles. The number of aryl methyl sites for hydroxylation is 2. The van der Waals surface area contributed by atoms with E-state index in [-0.39, 0.29) is 11.5 Å². The molecule has 0 atom stereocenters. The van der Waals surface area contributed by atoms with Crippen LogP contribution in [0.2, 0.25) is 0 Å². The summed E-state index contributed by atoms with van der Waals surface area (Å²) < 4.78 is 18.4. The van der Waals surface area contributed by atoms with Crippen LogP contribution in [0.15, 0.2) is 42.5 Å². The van der Waals surface area contributed by atoms with Crippen LogP contribution in [0.25, 0.3) is 10.9 Å². The lowest BCUT2D eigenvalue weighted by atomic mass is 10.1. The van der Waals surface area contributed by atoms with Crippen LogP contribution in [0, 0.1) is 19.7 Å². The lowest BCUT2D eigenvalue weighted by molar-refractivity contribution is 0.0594. The van der Waals surface area contributed by atoms with Crippen molar-refractivity contribution in [1.82, 2.24) is 4.98 Å². The Morgan fingerprint density at radius 3 is 2.46 bits per heavy atom. The number of benzene rings is 2. The average Bonchev–Trinajstić information content (AvgIpc) is 2.53. The first-order valence-electron chi connectivity index (χ1n) is 7.50.